The molecule has 29 heavy (non-hydrogen) atoms. The summed E-state index contributed by atoms with van der Waals surface area (Å²) in [6.45, 7) is 6.36. The van der Waals surface area contributed by atoms with Gasteiger partial charge in [-0.05, 0) is 62.5 Å². The third kappa shape index (κ3) is 2.97. The van der Waals surface area contributed by atoms with Gasteiger partial charge >= 0.3 is 0 Å². The smallest absolute Gasteiger partial charge is 0.274 e. The van der Waals surface area contributed by atoms with Crippen molar-refractivity contribution >= 4 is 33.2 Å². The maximum atomic E-state index is 13.4. The predicted octanol–water partition coefficient (Wildman–Crippen LogP) is 2.50. The lowest BCUT2D eigenvalue weighted by molar-refractivity contribution is 0.0682. The van der Waals surface area contributed by atoms with E-state index in [1.165, 1.54) is 30.1 Å². The molecule has 6 saturated heterocycles. The van der Waals surface area contributed by atoms with Crippen molar-refractivity contribution in [3.63, 3.8) is 0 Å². The molecule has 7 heteroatoms. The van der Waals surface area contributed by atoms with Gasteiger partial charge in [-0.3, -0.25) is 9.69 Å². The quantitative estimate of drug-likeness (QED) is 0.760. The number of rotatable bonds is 2. The molecule has 0 spiro atoms. The number of nitrogens with zero attached hydrogens (tertiary/aromatic N) is 5. The average Bonchev–Trinajstić information content (AvgIpc) is 2.94. The molecule has 7 heterocycles. The lowest BCUT2D eigenvalue weighted by Crippen LogP contribution is -2.61. The van der Waals surface area contributed by atoms with E-state index in [1.54, 1.807) is 0 Å². The highest BCUT2D eigenvalue weighted by Gasteiger charge is 2.37. The van der Waals surface area contributed by atoms with Crippen LogP contribution in [0.4, 0.5) is 5.69 Å². The Morgan fingerprint density at radius 3 is 2.59 bits per heavy atom. The van der Waals surface area contributed by atoms with Gasteiger partial charge in [0.1, 0.15) is 5.69 Å². The van der Waals surface area contributed by atoms with E-state index in [4.69, 9.17) is 0 Å². The normalized spacial score (nSPS) is 32.2. The van der Waals surface area contributed by atoms with Crippen LogP contribution in [0, 0.1) is 0 Å². The van der Waals surface area contributed by atoms with Crippen molar-refractivity contribution in [3.05, 3.63) is 23.9 Å². The van der Waals surface area contributed by atoms with Crippen LogP contribution < -0.4 is 4.90 Å². The van der Waals surface area contributed by atoms with Gasteiger partial charge in [-0.15, -0.1) is 0 Å². The molecule has 4 bridgehead atoms. The maximum absolute atomic E-state index is 13.4. The number of aromatic nitrogens is 1. The zero-order valence-corrected chi connectivity index (χ0v) is 17.9. The molecule has 6 aliphatic rings. The van der Waals surface area contributed by atoms with Crippen LogP contribution in [0.25, 0.3) is 10.1 Å². The molecule has 6 nitrogen and oxygen atoms in total. The molecule has 0 aliphatic carbocycles. The molecule has 0 N–H and O–H groups in total. The molecule has 154 valence electrons. The largest absolute Gasteiger partial charge is 0.366 e. The van der Waals surface area contributed by atoms with Crippen LogP contribution in [-0.2, 0) is 0 Å². The van der Waals surface area contributed by atoms with E-state index in [0.29, 0.717) is 23.8 Å². The van der Waals surface area contributed by atoms with Gasteiger partial charge in [0, 0.05) is 68.5 Å². The Balaban J connectivity index is 1.28. The first-order chi connectivity index (χ1) is 14.2. The topological polar surface area (TPSA) is 42.9 Å². The van der Waals surface area contributed by atoms with Gasteiger partial charge in [-0.25, -0.2) is 0 Å². The average molecular weight is 412 g/mol. The summed E-state index contributed by atoms with van der Waals surface area (Å²) in [4.78, 5) is 23.1. The van der Waals surface area contributed by atoms with Crippen molar-refractivity contribution in [3.8, 4) is 0 Å². The lowest BCUT2D eigenvalue weighted by Gasteiger charge is -2.51. The summed E-state index contributed by atoms with van der Waals surface area (Å²) in [5, 5.41) is 1.03. The predicted molar refractivity (Wildman–Crippen MR) is 117 cm³/mol. The minimum atomic E-state index is 0.136. The van der Waals surface area contributed by atoms with E-state index in [-0.39, 0.29) is 5.91 Å². The summed E-state index contributed by atoms with van der Waals surface area (Å²) in [5.74, 6) is 0.136. The molecule has 8 rings (SSSR count). The zero-order chi connectivity index (χ0) is 19.5. The van der Waals surface area contributed by atoms with Gasteiger partial charge in [0.2, 0.25) is 0 Å². The van der Waals surface area contributed by atoms with Crippen LogP contribution >= 0.6 is 11.5 Å². The van der Waals surface area contributed by atoms with Crippen LogP contribution in [0.15, 0.2) is 18.2 Å². The Kier molecular flexibility index (Phi) is 4.32. The summed E-state index contributed by atoms with van der Waals surface area (Å²) < 4.78 is 5.78. The van der Waals surface area contributed by atoms with E-state index in [9.17, 15) is 4.79 Å². The second kappa shape index (κ2) is 6.93. The van der Waals surface area contributed by atoms with Crippen LogP contribution in [0.3, 0.4) is 0 Å². The zero-order valence-electron chi connectivity index (χ0n) is 17.1. The van der Waals surface area contributed by atoms with Crippen LogP contribution in [0.2, 0.25) is 0 Å². The molecule has 1 amide bonds. The summed E-state index contributed by atoms with van der Waals surface area (Å²) in [7, 11) is 2.25. The minimum absolute atomic E-state index is 0.136. The van der Waals surface area contributed by atoms with E-state index < -0.39 is 0 Å². The number of anilines is 1. The van der Waals surface area contributed by atoms with Crippen molar-refractivity contribution < 1.29 is 4.79 Å². The Bertz CT molecular complexity index is 936. The van der Waals surface area contributed by atoms with Gasteiger partial charge in [0.15, 0.2) is 0 Å². The van der Waals surface area contributed by atoms with Crippen molar-refractivity contribution in [2.24, 2.45) is 0 Å². The molecular formula is C22H29N5OS. The fourth-order valence-corrected chi connectivity index (χ4v) is 6.71. The Morgan fingerprint density at radius 2 is 1.83 bits per heavy atom. The molecule has 1 aromatic carbocycles. The number of carbonyl (C=O) groups excluding carboxylic acids is 1. The van der Waals surface area contributed by atoms with Gasteiger partial charge < -0.3 is 14.7 Å². The van der Waals surface area contributed by atoms with Crippen molar-refractivity contribution in [2.45, 2.75) is 43.8 Å². The van der Waals surface area contributed by atoms with Gasteiger partial charge in [-0.2, -0.15) is 4.37 Å². The minimum Gasteiger partial charge on any atom is -0.366 e. The highest BCUT2D eigenvalue weighted by Crippen LogP contribution is 2.35. The van der Waals surface area contributed by atoms with E-state index in [1.807, 2.05) is 0 Å². The third-order valence-electron chi connectivity index (χ3n) is 7.71. The molecule has 2 atom stereocenters. The number of benzene rings is 1. The first-order valence-electron chi connectivity index (χ1n) is 11.1. The molecule has 6 fully saturated rings. The standard InChI is InChI=1S/C22H29N5OS/c1-24-13-18-3-2-17(24)14-27(18)16-4-5-19-20(12-16)29-23-21(19)22(28)26-11-10-25-8-6-15(26)7-9-25/h4-5,12,15,17-18H,2-3,6-11,13-14H2,1H3. The maximum Gasteiger partial charge on any atom is 0.274 e. The van der Waals surface area contributed by atoms with E-state index in [0.717, 1.165) is 62.2 Å². The molecule has 1 aromatic heterocycles. The van der Waals surface area contributed by atoms with E-state index >= 15 is 0 Å². The second-order valence-electron chi connectivity index (χ2n) is 9.26. The number of piperidine rings is 3. The monoisotopic (exact) mass is 411 g/mol. The molecule has 2 aromatic rings. The Hall–Kier alpha value is -1.70. The van der Waals surface area contributed by atoms with E-state index in [2.05, 4.69) is 49.2 Å². The number of fused-ring (bicyclic) bond motifs is 8. The highest BCUT2D eigenvalue weighted by molar-refractivity contribution is 7.13. The summed E-state index contributed by atoms with van der Waals surface area (Å²) in [6, 6.07) is 8.30. The number of carbonyl (C=O) groups is 1. The van der Waals surface area contributed by atoms with Crippen molar-refractivity contribution in [1.82, 2.24) is 19.1 Å². The fraction of sp³-hybridized carbons (Fsp3) is 0.636. The molecular weight excluding hydrogens is 382 g/mol. The SMILES string of the molecule is CN1CC2CCC1CN2c1ccc2c(C(=O)N3CCN4CCC3CC4)nsc2c1. The van der Waals surface area contributed by atoms with Crippen molar-refractivity contribution in [2.75, 3.05) is 51.2 Å². The number of amides is 1. The second-order valence-corrected chi connectivity index (χ2v) is 10.1. The summed E-state index contributed by atoms with van der Waals surface area (Å²) >= 11 is 1.48. The summed E-state index contributed by atoms with van der Waals surface area (Å²) in [5.41, 5.74) is 1.96. The van der Waals surface area contributed by atoms with Crippen LogP contribution in [0.1, 0.15) is 36.2 Å². The number of likely N-dealkylation sites (N-methyl/N-ethyl adjacent to an activating group) is 1. The first-order valence-corrected chi connectivity index (χ1v) is 11.8. The number of hydrogen-bond acceptors (Lipinski definition) is 6. The highest BCUT2D eigenvalue weighted by atomic mass is 32.1. The van der Waals surface area contributed by atoms with Crippen LogP contribution in [0.5, 0.6) is 0 Å². The molecule has 6 aliphatic heterocycles. The molecule has 0 radical (unpaired) electrons. The van der Waals surface area contributed by atoms with Gasteiger partial charge in [0.25, 0.3) is 5.91 Å². The molecule has 0 saturated carbocycles. The molecule has 2 unspecified atom stereocenters. The Labute approximate surface area is 176 Å². The lowest BCUT2D eigenvalue weighted by atomic mass is 9.91. The third-order valence-corrected chi connectivity index (χ3v) is 8.52. The summed E-state index contributed by atoms with van der Waals surface area (Å²) in [6.07, 6.45) is 4.80. The fourth-order valence-electron chi connectivity index (χ4n) is 5.90. The van der Waals surface area contributed by atoms with Gasteiger partial charge in [0.05, 0.1) is 4.70 Å². The number of hydrogen-bond donors (Lipinski definition) is 0. The van der Waals surface area contributed by atoms with Gasteiger partial charge in [-0.1, -0.05) is 0 Å². The Morgan fingerprint density at radius 1 is 1.00 bits per heavy atom. The van der Waals surface area contributed by atoms with Crippen molar-refractivity contribution in [1.29, 1.82) is 0 Å². The number of piperazine rings is 1. The van der Waals surface area contributed by atoms with Crippen LogP contribution in [-0.4, -0.2) is 89.4 Å². The first kappa shape index (κ1) is 18.1.